The van der Waals surface area contributed by atoms with E-state index in [1.165, 1.54) is 0 Å². The molecule has 0 unspecified atom stereocenters. The van der Waals surface area contributed by atoms with Crippen LogP contribution in [0, 0.1) is 23.7 Å². The van der Waals surface area contributed by atoms with Crippen molar-refractivity contribution in [1.82, 2.24) is 9.88 Å². The first kappa shape index (κ1) is 12.0. The van der Waals surface area contributed by atoms with Gasteiger partial charge in [-0.05, 0) is 31.5 Å². The van der Waals surface area contributed by atoms with Crippen molar-refractivity contribution in [2.45, 2.75) is 30.3 Å². The van der Waals surface area contributed by atoms with Crippen LogP contribution in [0.3, 0.4) is 0 Å². The van der Waals surface area contributed by atoms with E-state index in [1.54, 1.807) is 12.4 Å². The fourth-order valence-electron chi connectivity index (χ4n) is 3.17. The standard InChI is InChI=1S/C16H15N3/c1-3-12-6-13(10-18-9-12)16(11-17)7-14-4-5-15(8-16)19(14)2/h1,4-6,9-10,14-15H,7-8H2,2H3/t14-,15+,16-. The summed E-state index contributed by atoms with van der Waals surface area (Å²) >= 11 is 0. The summed E-state index contributed by atoms with van der Waals surface area (Å²) in [6.45, 7) is 0. The van der Waals surface area contributed by atoms with Crippen molar-refractivity contribution in [2.75, 3.05) is 7.05 Å². The lowest BCUT2D eigenvalue weighted by Crippen LogP contribution is -2.47. The molecule has 2 aliphatic rings. The SMILES string of the molecule is C#Cc1cncc([C@]2(C#N)C[C@H]3C=C[C@@H](C2)N3C)c1. The van der Waals surface area contributed by atoms with Crippen LogP contribution >= 0.6 is 0 Å². The van der Waals surface area contributed by atoms with E-state index in [2.05, 4.69) is 41.1 Å². The summed E-state index contributed by atoms with van der Waals surface area (Å²) in [4.78, 5) is 6.51. The molecule has 2 bridgehead atoms. The van der Waals surface area contributed by atoms with Gasteiger partial charge in [-0.1, -0.05) is 18.1 Å². The van der Waals surface area contributed by atoms with Crippen LogP contribution in [-0.4, -0.2) is 29.0 Å². The van der Waals surface area contributed by atoms with Crippen LogP contribution in [0.1, 0.15) is 24.0 Å². The Bertz CT molecular complexity index is 602. The number of terminal acetylenes is 1. The predicted molar refractivity (Wildman–Crippen MR) is 73.2 cm³/mol. The van der Waals surface area contributed by atoms with Crippen molar-refractivity contribution in [3.8, 4) is 18.4 Å². The van der Waals surface area contributed by atoms with Gasteiger partial charge in [-0.3, -0.25) is 9.88 Å². The Morgan fingerprint density at radius 1 is 1.37 bits per heavy atom. The van der Waals surface area contributed by atoms with E-state index in [4.69, 9.17) is 6.42 Å². The summed E-state index contributed by atoms with van der Waals surface area (Å²) in [5.41, 5.74) is 1.23. The van der Waals surface area contributed by atoms with Gasteiger partial charge >= 0.3 is 0 Å². The molecule has 3 heterocycles. The van der Waals surface area contributed by atoms with E-state index < -0.39 is 5.41 Å². The smallest absolute Gasteiger partial charge is 0.0873 e. The minimum Gasteiger partial charge on any atom is -0.293 e. The average molecular weight is 249 g/mol. The number of hydrogen-bond donors (Lipinski definition) is 0. The molecule has 0 amide bonds. The zero-order valence-corrected chi connectivity index (χ0v) is 10.9. The number of nitriles is 1. The molecule has 1 aromatic heterocycles. The van der Waals surface area contributed by atoms with Crippen LogP contribution in [0.15, 0.2) is 30.6 Å². The molecule has 0 saturated carbocycles. The van der Waals surface area contributed by atoms with Gasteiger partial charge in [-0.25, -0.2) is 0 Å². The highest BCUT2D eigenvalue weighted by atomic mass is 15.2. The Kier molecular flexibility index (Phi) is 2.66. The molecule has 0 aromatic carbocycles. The normalized spacial score (nSPS) is 32.8. The number of rotatable bonds is 1. The van der Waals surface area contributed by atoms with E-state index in [9.17, 15) is 5.26 Å². The number of piperidine rings is 1. The van der Waals surface area contributed by atoms with Crippen LogP contribution in [0.25, 0.3) is 0 Å². The van der Waals surface area contributed by atoms with Gasteiger partial charge in [0.25, 0.3) is 0 Å². The van der Waals surface area contributed by atoms with Crippen LogP contribution in [-0.2, 0) is 5.41 Å². The summed E-state index contributed by atoms with van der Waals surface area (Å²) in [6, 6.07) is 5.14. The average Bonchev–Trinajstić information content (AvgIpc) is 2.69. The highest BCUT2D eigenvalue weighted by Crippen LogP contribution is 2.43. The zero-order chi connectivity index (χ0) is 13.5. The van der Waals surface area contributed by atoms with Gasteiger partial charge in [0.15, 0.2) is 0 Å². The number of pyridine rings is 1. The lowest BCUT2D eigenvalue weighted by atomic mass is 9.71. The molecular weight excluding hydrogens is 234 g/mol. The molecule has 19 heavy (non-hydrogen) atoms. The van der Waals surface area contributed by atoms with E-state index in [-0.39, 0.29) is 0 Å². The largest absolute Gasteiger partial charge is 0.293 e. The van der Waals surface area contributed by atoms with Gasteiger partial charge in [-0.2, -0.15) is 5.26 Å². The second-order valence-electron chi connectivity index (χ2n) is 5.39. The first-order chi connectivity index (χ1) is 9.18. The molecule has 2 aliphatic heterocycles. The third kappa shape index (κ3) is 1.75. The fourth-order valence-corrected chi connectivity index (χ4v) is 3.17. The molecule has 94 valence electrons. The zero-order valence-electron chi connectivity index (χ0n) is 10.9. The second-order valence-corrected chi connectivity index (χ2v) is 5.39. The van der Waals surface area contributed by atoms with Crippen molar-refractivity contribution in [1.29, 1.82) is 5.26 Å². The number of fused-ring (bicyclic) bond motifs is 2. The molecule has 1 aromatic rings. The van der Waals surface area contributed by atoms with E-state index in [0.29, 0.717) is 12.1 Å². The molecule has 3 heteroatoms. The summed E-state index contributed by atoms with van der Waals surface area (Å²) in [7, 11) is 2.12. The van der Waals surface area contributed by atoms with Crippen molar-refractivity contribution < 1.29 is 0 Å². The van der Waals surface area contributed by atoms with Crippen LogP contribution in [0.5, 0.6) is 0 Å². The minimum absolute atomic E-state index is 0.341. The Balaban J connectivity index is 2.02. The first-order valence-corrected chi connectivity index (χ1v) is 6.42. The third-order valence-electron chi connectivity index (χ3n) is 4.39. The maximum Gasteiger partial charge on any atom is 0.0873 e. The van der Waals surface area contributed by atoms with E-state index >= 15 is 0 Å². The van der Waals surface area contributed by atoms with Crippen molar-refractivity contribution >= 4 is 0 Å². The minimum atomic E-state index is -0.467. The van der Waals surface area contributed by atoms with Gasteiger partial charge in [0, 0.05) is 30.0 Å². The van der Waals surface area contributed by atoms with Crippen molar-refractivity contribution in [3.63, 3.8) is 0 Å². The quantitative estimate of drug-likeness (QED) is 0.563. The first-order valence-electron chi connectivity index (χ1n) is 6.42. The topological polar surface area (TPSA) is 39.9 Å². The molecular formula is C16H15N3. The van der Waals surface area contributed by atoms with Gasteiger partial charge in [0.2, 0.25) is 0 Å². The summed E-state index contributed by atoms with van der Waals surface area (Å²) < 4.78 is 0. The Labute approximate surface area is 113 Å². The van der Waals surface area contributed by atoms with Gasteiger partial charge < -0.3 is 0 Å². The Hall–Kier alpha value is -2.10. The second kappa shape index (κ2) is 4.23. The number of nitrogens with zero attached hydrogens (tertiary/aromatic N) is 3. The summed E-state index contributed by atoms with van der Waals surface area (Å²) in [6.07, 6.45) is 14.9. The molecule has 0 aliphatic carbocycles. The van der Waals surface area contributed by atoms with E-state index in [1.807, 2.05) is 6.07 Å². The fraction of sp³-hybridized carbons (Fsp3) is 0.375. The van der Waals surface area contributed by atoms with Gasteiger partial charge in [0.05, 0.1) is 11.5 Å². The van der Waals surface area contributed by atoms with Gasteiger partial charge in [-0.15, -0.1) is 6.42 Å². The maximum absolute atomic E-state index is 9.73. The third-order valence-corrected chi connectivity index (χ3v) is 4.39. The van der Waals surface area contributed by atoms with E-state index in [0.717, 1.165) is 24.0 Å². The van der Waals surface area contributed by atoms with Crippen molar-refractivity contribution in [2.24, 2.45) is 0 Å². The molecule has 3 atom stereocenters. The Morgan fingerprint density at radius 2 is 2.05 bits per heavy atom. The van der Waals surface area contributed by atoms with Crippen molar-refractivity contribution in [3.05, 3.63) is 41.7 Å². The molecule has 3 nitrogen and oxygen atoms in total. The molecule has 3 rings (SSSR count). The lowest BCUT2D eigenvalue weighted by molar-refractivity contribution is 0.150. The molecule has 1 fully saturated rings. The number of hydrogen-bond acceptors (Lipinski definition) is 3. The van der Waals surface area contributed by atoms with Crippen LogP contribution < -0.4 is 0 Å². The van der Waals surface area contributed by atoms with Crippen LogP contribution in [0.2, 0.25) is 0 Å². The maximum atomic E-state index is 9.73. The predicted octanol–water partition coefficient (Wildman–Crippen LogP) is 1.86. The van der Waals surface area contributed by atoms with Gasteiger partial charge in [0.1, 0.15) is 0 Å². The molecule has 0 radical (unpaired) electrons. The molecule has 0 spiro atoms. The number of likely N-dealkylation sites (N-methyl/N-ethyl adjacent to an activating group) is 1. The Morgan fingerprint density at radius 3 is 2.63 bits per heavy atom. The molecule has 0 N–H and O–H groups in total. The highest BCUT2D eigenvalue weighted by molar-refractivity contribution is 5.41. The monoisotopic (exact) mass is 249 g/mol. The summed E-state index contributed by atoms with van der Waals surface area (Å²) in [5, 5.41) is 9.73. The number of aromatic nitrogens is 1. The summed E-state index contributed by atoms with van der Waals surface area (Å²) in [5.74, 6) is 2.60. The highest BCUT2D eigenvalue weighted by Gasteiger charge is 2.46. The molecule has 1 saturated heterocycles. The lowest BCUT2D eigenvalue weighted by Gasteiger charge is -2.41. The van der Waals surface area contributed by atoms with Crippen LogP contribution in [0.4, 0.5) is 0 Å².